The molecule has 8 nitrogen and oxygen atoms in total. The Morgan fingerprint density at radius 2 is 1.93 bits per heavy atom. The molecule has 0 saturated carbocycles. The maximum atomic E-state index is 12.9. The average Bonchev–Trinajstić information content (AvgIpc) is 2.69. The van der Waals surface area contributed by atoms with Gasteiger partial charge in [0.1, 0.15) is 0 Å². The number of benzene rings is 1. The number of carbonyl (C=O) groups is 1. The van der Waals surface area contributed by atoms with Crippen LogP contribution in [0.3, 0.4) is 0 Å². The van der Waals surface area contributed by atoms with Crippen molar-refractivity contribution in [1.29, 1.82) is 0 Å². The standard InChI is InChI=1S/C18H27N3O5S/c1-15-14-26-12-9-21(15)27(23,24)17-4-2-3-16(13-17)18(22)19-5-6-20-7-10-25-11-8-20/h2-4,13,15H,5-12,14H2,1H3,(H,19,22). The second-order valence-electron chi connectivity index (χ2n) is 6.78. The number of hydrogen-bond donors (Lipinski definition) is 1. The first-order chi connectivity index (χ1) is 13.0. The summed E-state index contributed by atoms with van der Waals surface area (Å²) in [6.45, 7) is 7.31. The first-order valence-electron chi connectivity index (χ1n) is 9.26. The van der Waals surface area contributed by atoms with Gasteiger partial charge in [0, 0.05) is 44.3 Å². The van der Waals surface area contributed by atoms with Crippen LogP contribution in [0.15, 0.2) is 29.2 Å². The van der Waals surface area contributed by atoms with E-state index in [1.54, 1.807) is 12.1 Å². The highest BCUT2D eigenvalue weighted by atomic mass is 32.2. The van der Waals surface area contributed by atoms with E-state index in [2.05, 4.69) is 10.2 Å². The lowest BCUT2D eigenvalue weighted by Gasteiger charge is -2.32. The van der Waals surface area contributed by atoms with E-state index < -0.39 is 10.0 Å². The summed E-state index contributed by atoms with van der Waals surface area (Å²) in [7, 11) is -3.65. The van der Waals surface area contributed by atoms with Gasteiger partial charge < -0.3 is 14.8 Å². The fraction of sp³-hybridized carbons (Fsp3) is 0.611. The van der Waals surface area contributed by atoms with Crippen LogP contribution < -0.4 is 5.32 Å². The highest BCUT2D eigenvalue weighted by Crippen LogP contribution is 2.21. The molecule has 150 valence electrons. The summed E-state index contributed by atoms with van der Waals surface area (Å²) in [5.74, 6) is -0.268. The maximum absolute atomic E-state index is 12.9. The third kappa shape index (κ3) is 5.05. The second-order valence-corrected chi connectivity index (χ2v) is 8.67. The number of nitrogens with zero attached hydrogens (tertiary/aromatic N) is 2. The number of rotatable bonds is 6. The van der Waals surface area contributed by atoms with E-state index in [4.69, 9.17) is 9.47 Å². The molecule has 2 heterocycles. The molecule has 0 spiro atoms. The van der Waals surface area contributed by atoms with E-state index in [0.717, 1.165) is 19.6 Å². The molecule has 2 saturated heterocycles. The third-order valence-corrected chi connectivity index (χ3v) is 6.84. The summed E-state index contributed by atoms with van der Waals surface area (Å²) < 4.78 is 37.9. The van der Waals surface area contributed by atoms with Gasteiger partial charge >= 0.3 is 0 Å². The summed E-state index contributed by atoms with van der Waals surface area (Å²) >= 11 is 0. The smallest absolute Gasteiger partial charge is 0.251 e. The number of morpholine rings is 2. The van der Waals surface area contributed by atoms with E-state index in [1.165, 1.54) is 16.4 Å². The molecule has 2 aliphatic heterocycles. The van der Waals surface area contributed by atoms with Crippen molar-refractivity contribution in [2.75, 3.05) is 59.2 Å². The first-order valence-corrected chi connectivity index (χ1v) is 10.7. The van der Waals surface area contributed by atoms with Crippen LogP contribution >= 0.6 is 0 Å². The Morgan fingerprint density at radius 3 is 2.67 bits per heavy atom. The van der Waals surface area contributed by atoms with Crippen LogP contribution in [0.5, 0.6) is 0 Å². The van der Waals surface area contributed by atoms with Gasteiger partial charge in [0.05, 0.1) is 31.3 Å². The molecule has 2 aliphatic rings. The van der Waals surface area contributed by atoms with Crippen molar-refractivity contribution >= 4 is 15.9 Å². The van der Waals surface area contributed by atoms with Crippen LogP contribution in [0.25, 0.3) is 0 Å². The minimum absolute atomic E-state index is 0.136. The van der Waals surface area contributed by atoms with Crippen molar-refractivity contribution in [3.8, 4) is 0 Å². The van der Waals surface area contributed by atoms with Gasteiger partial charge in [0.15, 0.2) is 0 Å². The summed E-state index contributed by atoms with van der Waals surface area (Å²) in [4.78, 5) is 14.8. The van der Waals surface area contributed by atoms with Gasteiger partial charge in [-0.3, -0.25) is 9.69 Å². The van der Waals surface area contributed by atoms with E-state index in [9.17, 15) is 13.2 Å². The van der Waals surface area contributed by atoms with Crippen LogP contribution in [0.4, 0.5) is 0 Å². The molecule has 1 amide bonds. The molecule has 3 rings (SSSR count). The van der Waals surface area contributed by atoms with Crippen LogP contribution in [0, 0.1) is 0 Å². The van der Waals surface area contributed by atoms with Crippen molar-refractivity contribution in [2.24, 2.45) is 0 Å². The van der Waals surface area contributed by atoms with Gasteiger partial charge in [0.2, 0.25) is 10.0 Å². The first kappa shape index (κ1) is 20.2. The van der Waals surface area contributed by atoms with E-state index in [1.807, 2.05) is 6.92 Å². The molecule has 2 fully saturated rings. The molecule has 1 unspecified atom stereocenters. The number of ether oxygens (including phenoxy) is 2. The highest BCUT2D eigenvalue weighted by molar-refractivity contribution is 7.89. The topological polar surface area (TPSA) is 88.2 Å². The van der Waals surface area contributed by atoms with E-state index >= 15 is 0 Å². The van der Waals surface area contributed by atoms with Gasteiger partial charge in [0.25, 0.3) is 5.91 Å². The minimum Gasteiger partial charge on any atom is -0.379 e. The lowest BCUT2D eigenvalue weighted by atomic mass is 10.2. The number of hydrogen-bond acceptors (Lipinski definition) is 6. The molecule has 1 aromatic carbocycles. The van der Waals surface area contributed by atoms with Crippen molar-refractivity contribution < 1.29 is 22.7 Å². The van der Waals surface area contributed by atoms with Crippen molar-refractivity contribution in [3.63, 3.8) is 0 Å². The minimum atomic E-state index is -3.65. The van der Waals surface area contributed by atoms with E-state index in [-0.39, 0.29) is 16.8 Å². The molecule has 0 aliphatic carbocycles. The van der Waals surface area contributed by atoms with Crippen LogP contribution in [-0.4, -0.2) is 88.7 Å². The number of amides is 1. The van der Waals surface area contributed by atoms with Gasteiger partial charge in [-0.05, 0) is 25.1 Å². The predicted octanol–water partition coefficient (Wildman–Crippen LogP) is 0.158. The zero-order chi connectivity index (χ0) is 19.3. The average molecular weight is 397 g/mol. The monoisotopic (exact) mass is 397 g/mol. The van der Waals surface area contributed by atoms with Crippen molar-refractivity contribution in [2.45, 2.75) is 17.9 Å². The molecule has 0 aromatic heterocycles. The Balaban J connectivity index is 1.62. The largest absolute Gasteiger partial charge is 0.379 e. The SMILES string of the molecule is CC1COCCN1S(=O)(=O)c1cccc(C(=O)NCCN2CCOCC2)c1. The normalized spacial score (nSPS) is 22.5. The molecular weight excluding hydrogens is 370 g/mol. The fourth-order valence-corrected chi connectivity index (χ4v) is 4.90. The van der Waals surface area contributed by atoms with Gasteiger partial charge in [-0.2, -0.15) is 4.31 Å². The van der Waals surface area contributed by atoms with Crippen molar-refractivity contribution in [1.82, 2.24) is 14.5 Å². The predicted molar refractivity (Wildman–Crippen MR) is 100 cm³/mol. The van der Waals surface area contributed by atoms with Crippen LogP contribution in [0.2, 0.25) is 0 Å². The molecule has 0 bridgehead atoms. The summed E-state index contributed by atoms with van der Waals surface area (Å²) in [5.41, 5.74) is 0.346. The lowest BCUT2D eigenvalue weighted by Crippen LogP contribution is -2.47. The highest BCUT2D eigenvalue weighted by Gasteiger charge is 2.31. The number of sulfonamides is 1. The zero-order valence-electron chi connectivity index (χ0n) is 15.6. The zero-order valence-corrected chi connectivity index (χ0v) is 16.4. The Bertz CT molecular complexity index is 749. The van der Waals surface area contributed by atoms with Gasteiger partial charge in [-0.1, -0.05) is 6.07 Å². The molecule has 1 N–H and O–H groups in total. The van der Waals surface area contributed by atoms with Crippen LogP contribution in [-0.2, 0) is 19.5 Å². The Kier molecular flexibility index (Phi) is 6.83. The molecule has 27 heavy (non-hydrogen) atoms. The molecule has 1 aromatic rings. The van der Waals surface area contributed by atoms with E-state index in [0.29, 0.717) is 45.1 Å². The lowest BCUT2D eigenvalue weighted by molar-refractivity contribution is 0.0383. The fourth-order valence-electron chi connectivity index (χ4n) is 3.26. The third-order valence-electron chi connectivity index (χ3n) is 4.83. The Morgan fingerprint density at radius 1 is 1.19 bits per heavy atom. The van der Waals surface area contributed by atoms with Crippen LogP contribution in [0.1, 0.15) is 17.3 Å². The summed E-state index contributed by atoms with van der Waals surface area (Å²) in [6, 6.07) is 5.99. The quantitative estimate of drug-likeness (QED) is 0.736. The molecule has 9 heteroatoms. The van der Waals surface area contributed by atoms with Gasteiger partial charge in [-0.25, -0.2) is 8.42 Å². The Hall–Kier alpha value is -1.52. The van der Waals surface area contributed by atoms with Gasteiger partial charge in [-0.15, -0.1) is 0 Å². The summed E-state index contributed by atoms with van der Waals surface area (Å²) in [6.07, 6.45) is 0. The number of carbonyl (C=O) groups excluding carboxylic acids is 1. The second kappa shape index (κ2) is 9.11. The molecule has 0 radical (unpaired) electrons. The Labute approximate surface area is 160 Å². The summed E-state index contributed by atoms with van der Waals surface area (Å²) in [5, 5.41) is 2.86. The maximum Gasteiger partial charge on any atom is 0.251 e. The number of nitrogens with one attached hydrogen (secondary N) is 1. The molecular formula is C18H27N3O5S. The van der Waals surface area contributed by atoms with Crippen molar-refractivity contribution in [3.05, 3.63) is 29.8 Å². The molecule has 1 atom stereocenters.